The van der Waals surface area contributed by atoms with E-state index < -0.39 is 0 Å². The first-order valence-corrected chi connectivity index (χ1v) is 5.19. The van der Waals surface area contributed by atoms with Gasteiger partial charge in [0.1, 0.15) is 5.01 Å². The van der Waals surface area contributed by atoms with Crippen LogP contribution in [-0.4, -0.2) is 22.1 Å². The summed E-state index contributed by atoms with van der Waals surface area (Å²) in [5.41, 5.74) is 5.60. The van der Waals surface area contributed by atoms with E-state index in [9.17, 15) is 4.79 Å². The van der Waals surface area contributed by atoms with Gasteiger partial charge in [-0.05, 0) is 13.8 Å². The highest BCUT2D eigenvalue weighted by atomic mass is 32.1. The standard InChI is InChI=1S/C8H14N4OS/c1-4(5(2)9)7(13)10-8-12-11-6(3)14-8/h4-5H,9H2,1-3H3,(H,10,12,13). The molecule has 2 unspecified atom stereocenters. The van der Waals surface area contributed by atoms with Crippen LogP contribution >= 0.6 is 11.3 Å². The van der Waals surface area contributed by atoms with Gasteiger partial charge in [0.05, 0.1) is 5.92 Å². The number of rotatable bonds is 3. The largest absolute Gasteiger partial charge is 0.327 e. The molecule has 2 atom stereocenters. The average molecular weight is 214 g/mol. The predicted molar refractivity (Wildman–Crippen MR) is 56.1 cm³/mol. The third-order valence-electron chi connectivity index (χ3n) is 1.96. The third kappa shape index (κ3) is 2.74. The minimum absolute atomic E-state index is 0.115. The number of nitrogens with one attached hydrogen (secondary N) is 1. The summed E-state index contributed by atoms with van der Waals surface area (Å²) in [7, 11) is 0. The zero-order valence-electron chi connectivity index (χ0n) is 8.44. The Balaban J connectivity index is 2.57. The number of amides is 1. The molecular weight excluding hydrogens is 200 g/mol. The second-order valence-electron chi connectivity index (χ2n) is 3.26. The topological polar surface area (TPSA) is 80.9 Å². The van der Waals surface area contributed by atoms with E-state index in [0.717, 1.165) is 5.01 Å². The number of carbonyl (C=O) groups is 1. The van der Waals surface area contributed by atoms with Crippen molar-refractivity contribution in [2.45, 2.75) is 26.8 Å². The van der Waals surface area contributed by atoms with Crippen molar-refractivity contribution in [2.24, 2.45) is 11.7 Å². The highest BCUT2D eigenvalue weighted by Crippen LogP contribution is 2.15. The molecular formula is C8H14N4OS. The fraction of sp³-hybridized carbons (Fsp3) is 0.625. The van der Waals surface area contributed by atoms with Crippen LogP contribution in [0.15, 0.2) is 0 Å². The van der Waals surface area contributed by atoms with E-state index in [2.05, 4.69) is 15.5 Å². The summed E-state index contributed by atoms with van der Waals surface area (Å²) >= 11 is 1.35. The Morgan fingerprint density at radius 3 is 2.57 bits per heavy atom. The van der Waals surface area contributed by atoms with Crippen molar-refractivity contribution in [1.29, 1.82) is 0 Å². The van der Waals surface area contributed by atoms with Gasteiger partial charge in [0.15, 0.2) is 0 Å². The molecule has 0 aromatic carbocycles. The minimum Gasteiger partial charge on any atom is -0.327 e. The van der Waals surface area contributed by atoms with E-state index in [4.69, 9.17) is 5.73 Å². The molecule has 0 spiro atoms. The van der Waals surface area contributed by atoms with Gasteiger partial charge in [-0.1, -0.05) is 18.3 Å². The first-order valence-electron chi connectivity index (χ1n) is 4.37. The Labute approximate surface area is 86.7 Å². The summed E-state index contributed by atoms with van der Waals surface area (Å²) in [4.78, 5) is 11.5. The lowest BCUT2D eigenvalue weighted by molar-refractivity contribution is -0.119. The summed E-state index contributed by atoms with van der Waals surface area (Å²) in [6, 6.07) is -0.163. The Morgan fingerprint density at radius 1 is 1.50 bits per heavy atom. The fourth-order valence-corrected chi connectivity index (χ4v) is 1.40. The summed E-state index contributed by atoms with van der Waals surface area (Å²) in [6.07, 6.45) is 0. The number of nitrogens with two attached hydrogens (primary N) is 1. The fourth-order valence-electron chi connectivity index (χ4n) is 0.805. The van der Waals surface area contributed by atoms with Gasteiger partial charge >= 0.3 is 0 Å². The molecule has 1 aromatic heterocycles. The first-order chi connectivity index (χ1) is 6.50. The van der Waals surface area contributed by atoms with Crippen molar-refractivity contribution >= 4 is 22.4 Å². The van der Waals surface area contributed by atoms with E-state index >= 15 is 0 Å². The number of aryl methyl sites for hydroxylation is 1. The van der Waals surface area contributed by atoms with Crippen LogP contribution in [0, 0.1) is 12.8 Å². The van der Waals surface area contributed by atoms with Crippen LogP contribution in [0.3, 0.4) is 0 Å². The lowest BCUT2D eigenvalue weighted by atomic mass is 10.0. The van der Waals surface area contributed by atoms with Crippen LogP contribution < -0.4 is 11.1 Å². The summed E-state index contributed by atoms with van der Waals surface area (Å²) in [6.45, 7) is 5.42. The zero-order valence-corrected chi connectivity index (χ0v) is 9.26. The molecule has 6 heteroatoms. The third-order valence-corrected chi connectivity index (χ3v) is 2.71. The summed E-state index contributed by atoms with van der Waals surface area (Å²) in [5, 5.41) is 11.6. The molecule has 0 aliphatic carbocycles. The van der Waals surface area contributed by atoms with Crippen molar-refractivity contribution in [2.75, 3.05) is 5.32 Å². The molecule has 1 aromatic rings. The molecule has 1 heterocycles. The van der Waals surface area contributed by atoms with Gasteiger partial charge in [-0.3, -0.25) is 4.79 Å². The van der Waals surface area contributed by atoms with Gasteiger partial charge in [0, 0.05) is 6.04 Å². The molecule has 0 aliphatic rings. The lowest BCUT2D eigenvalue weighted by Crippen LogP contribution is -2.34. The Morgan fingerprint density at radius 2 is 2.14 bits per heavy atom. The Hall–Kier alpha value is -1.01. The maximum absolute atomic E-state index is 11.5. The van der Waals surface area contributed by atoms with E-state index in [-0.39, 0.29) is 17.9 Å². The van der Waals surface area contributed by atoms with E-state index in [1.54, 1.807) is 13.8 Å². The van der Waals surface area contributed by atoms with Crippen molar-refractivity contribution in [1.82, 2.24) is 10.2 Å². The van der Waals surface area contributed by atoms with Crippen LogP contribution in [0.1, 0.15) is 18.9 Å². The zero-order chi connectivity index (χ0) is 10.7. The number of hydrogen-bond donors (Lipinski definition) is 2. The van der Waals surface area contributed by atoms with Crippen molar-refractivity contribution < 1.29 is 4.79 Å². The lowest BCUT2D eigenvalue weighted by Gasteiger charge is -2.13. The molecule has 0 fully saturated rings. The average Bonchev–Trinajstić information content (AvgIpc) is 2.49. The minimum atomic E-state index is -0.223. The molecule has 1 amide bonds. The van der Waals surface area contributed by atoms with Gasteiger partial charge in [-0.15, -0.1) is 10.2 Å². The number of aromatic nitrogens is 2. The smallest absolute Gasteiger partial charge is 0.230 e. The molecule has 14 heavy (non-hydrogen) atoms. The SMILES string of the molecule is Cc1nnc(NC(=O)C(C)C(C)N)s1. The van der Waals surface area contributed by atoms with Crippen LogP contribution in [0.5, 0.6) is 0 Å². The van der Waals surface area contributed by atoms with Crippen LogP contribution in [0.4, 0.5) is 5.13 Å². The van der Waals surface area contributed by atoms with Crippen LogP contribution in [0.2, 0.25) is 0 Å². The van der Waals surface area contributed by atoms with Gasteiger partial charge in [0.25, 0.3) is 0 Å². The molecule has 0 bridgehead atoms. The monoisotopic (exact) mass is 214 g/mol. The van der Waals surface area contributed by atoms with E-state index in [1.807, 2.05) is 6.92 Å². The van der Waals surface area contributed by atoms with Crippen molar-refractivity contribution in [3.63, 3.8) is 0 Å². The van der Waals surface area contributed by atoms with Gasteiger partial charge in [0.2, 0.25) is 11.0 Å². The van der Waals surface area contributed by atoms with Crippen LogP contribution in [-0.2, 0) is 4.79 Å². The van der Waals surface area contributed by atoms with Crippen molar-refractivity contribution in [3.8, 4) is 0 Å². The molecule has 0 saturated heterocycles. The molecule has 0 aliphatic heterocycles. The Kier molecular flexibility index (Phi) is 3.54. The summed E-state index contributed by atoms with van der Waals surface area (Å²) < 4.78 is 0. The summed E-state index contributed by atoms with van der Waals surface area (Å²) in [5.74, 6) is -0.338. The molecule has 0 saturated carbocycles. The second kappa shape index (κ2) is 4.47. The van der Waals surface area contributed by atoms with Crippen molar-refractivity contribution in [3.05, 3.63) is 5.01 Å². The first kappa shape index (κ1) is 11.1. The van der Waals surface area contributed by atoms with Gasteiger partial charge < -0.3 is 11.1 Å². The van der Waals surface area contributed by atoms with E-state index in [1.165, 1.54) is 11.3 Å². The van der Waals surface area contributed by atoms with Gasteiger partial charge in [-0.2, -0.15) is 0 Å². The van der Waals surface area contributed by atoms with Crippen LogP contribution in [0.25, 0.3) is 0 Å². The van der Waals surface area contributed by atoms with E-state index in [0.29, 0.717) is 5.13 Å². The molecule has 1 rings (SSSR count). The predicted octanol–water partition coefficient (Wildman–Crippen LogP) is 0.768. The molecule has 78 valence electrons. The Bertz CT molecular complexity index is 323. The quantitative estimate of drug-likeness (QED) is 0.778. The molecule has 0 radical (unpaired) electrons. The maximum Gasteiger partial charge on any atom is 0.230 e. The molecule has 3 N–H and O–H groups in total. The second-order valence-corrected chi connectivity index (χ2v) is 4.44. The molecule has 5 nitrogen and oxygen atoms in total. The highest BCUT2D eigenvalue weighted by molar-refractivity contribution is 7.15. The normalized spacial score (nSPS) is 14.9. The number of anilines is 1. The number of hydrogen-bond acceptors (Lipinski definition) is 5. The maximum atomic E-state index is 11.5. The number of carbonyl (C=O) groups excluding carboxylic acids is 1. The van der Waals surface area contributed by atoms with Gasteiger partial charge in [-0.25, -0.2) is 0 Å². The highest BCUT2D eigenvalue weighted by Gasteiger charge is 2.18. The number of nitrogens with zero attached hydrogens (tertiary/aromatic N) is 2.